The fourth-order valence-corrected chi connectivity index (χ4v) is 2.18. The summed E-state index contributed by atoms with van der Waals surface area (Å²) in [6.07, 6.45) is 1.75. The van der Waals surface area contributed by atoms with E-state index in [0.717, 1.165) is 17.7 Å². The number of carbonyl (C=O) groups is 1. The topological polar surface area (TPSA) is 52.3 Å². The summed E-state index contributed by atoms with van der Waals surface area (Å²) in [5.41, 5.74) is 6.13. The second-order valence-corrected chi connectivity index (χ2v) is 4.32. The first-order chi connectivity index (χ1) is 6.69. The molecule has 0 aromatic carbocycles. The van der Waals surface area contributed by atoms with Gasteiger partial charge in [-0.05, 0) is 18.9 Å². The number of halogens is 1. The zero-order valence-corrected chi connectivity index (χ0v) is 9.45. The molecule has 5 heteroatoms. The molecule has 3 nitrogen and oxygen atoms in total. The van der Waals surface area contributed by atoms with Crippen molar-refractivity contribution in [1.82, 2.24) is 0 Å². The van der Waals surface area contributed by atoms with Gasteiger partial charge < -0.3 is 10.5 Å². The van der Waals surface area contributed by atoms with E-state index in [4.69, 9.17) is 17.3 Å². The van der Waals surface area contributed by atoms with Crippen LogP contribution in [0.25, 0.3) is 0 Å². The average Bonchev–Trinajstić information content (AvgIpc) is 2.55. The predicted octanol–water partition coefficient (Wildman–Crippen LogP) is 2.29. The van der Waals surface area contributed by atoms with Gasteiger partial charge >= 0.3 is 5.97 Å². The van der Waals surface area contributed by atoms with Crippen LogP contribution < -0.4 is 5.73 Å². The second-order valence-electron chi connectivity index (χ2n) is 2.77. The Balaban J connectivity index is 2.77. The Labute approximate surface area is 91.8 Å². The molecule has 0 atom stereocenters. The first kappa shape index (κ1) is 11.3. The molecule has 0 amide bonds. The maximum atomic E-state index is 11.2. The molecular weight excluding hydrogens is 222 g/mol. The minimum atomic E-state index is -0.379. The van der Waals surface area contributed by atoms with Gasteiger partial charge in [-0.25, -0.2) is 4.79 Å². The summed E-state index contributed by atoms with van der Waals surface area (Å²) in [5, 5.41) is 0.515. The van der Waals surface area contributed by atoms with Crippen molar-refractivity contribution in [3.63, 3.8) is 0 Å². The number of rotatable bonds is 4. The van der Waals surface area contributed by atoms with E-state index in [-0.39, 0.29) is 5.97 Å². The van der Waals surface area contributed by atoms with Crippen molar-refractivity contribution >= 4 is 33.9 Å². The van der Waals surface area contributed by atoms with Crippen LogP contribution in [0.1, 0.15) is 21.7 Å². The van der Waals surface area contributed by atoms with E-state index < -0.39 is 0 Å². The lowest BCUT2D eigenvalue weighted by molar-refractivity contribution is 0.0602. The van der Waals surface area contributed by atoms with Gasteiger partial charge in [0, 0.05) is 10.8 Å². The number of aryl methyl sites for hydroxylation is 1. The molecule has 1 aromatic rings. The lowest BCUT2D eigenvalue weighted by Gasteiger charge is -1.94. The molecule has 0 fully saturated rings. The standard InChI is InChI=1S/C9H12ClNO2S/c1-13-9(12)7-5-6(3-2-4-10)14-8(7)11/h5H,2-4,11H2,1H3. The Morgan fingerprint density at radius 3 is 3.00 bits per heavy atom. The van der Waals surface area contributed by atoms with Crippen molar-refractivity contribution in [2.45, 2.75) is 12.8 Å². The van der Waals surface area contributed by atoms with Crippen LogP contribution in [0.4, 0.5) is 5.00 Å². The highest BCUT2D eigenvalue weighted by Crippen LogP contribution is 2.26. The zero-order chi connectivity index (χ0) is 10.6. The van der Waals surface area contributed by atoms with E-state index in [1.54, 1.807) is 6.07 Å². The van der Waals surface area contributed by atoms with Gasteiger partial charge in [0.15, 0.2) is 0 Å². The molecule has 0 aliphatic heterocycles. The Hall–Kier alpha value is -0.740. The van der Waals surface area contributed by atoms with E-state index in [2.05, 4.69) is 4.74 Å². The van der Waals surface area contributed by atoms with Gasteiger partial charge in [0.1, 0.15) is 5.00 Å². The Bertz CT molecular complexity index is 325. The molecule has 0 aliphatic rings. The van der Waals surface area contributed by atoms with Crippen molar-refractivity contribution in [3.8, 4) is 0 Å². The number of nitrogens with two attached hydrogens (primary N) is 1. The van der Waals surface area contributed by atoms with Crippen LogP contribution in [0, 0.1) is 0 Å². The van der Waals surface area contributed by atoms with Crippen molar-refractivity contribution in [3.05, 3.63) is 16.5 Å². The number of ether oxygens (including phenoxy) is 1. The third kappa shape index (κ3) is 2.62. The van der Waals surface area contributed by atoms with E-state index in [1.165, 1.54) is 18.4 Å². The molecule has 0 bridgehead atoms. The lowest BCUT2D eigenvalue weighted by Crippen LogP contribution is -2.01. The monoisotopic (exact) mass is 233 g/mol. The number of hydrogen-bond acceptors (Lipinski definition) is 4. The number of anilines is 1. The van der Waals surface area contributed by atoms with Crippen LogP contribution in [-0.4, -0.2) is 19.0 Å². The van der Waals surface area contributed by atoms with Crippen LogP contribution in [0.2, 0.25) is 0 Å². The first-order valence-corrected chi connectivity index (χ1v) is 5.56. The molecule has 0 saturated carbocycles. The van der Waals surface area contributed by atoms with Crippen LogP contribution in [0.5, 0.6) is 0 Å². The van der Waals surface area contributed by atoms with Gasteiger partial charge in [-0.2, -0.15) is 0 Å². The Morgan fingerprint density at radius 1 is 1.71 bits per heavy atom. The fraction of sp³-hybridized carbons (Fsp3) is 0.444. The molecule has 1 heterocycles. The summed E-state index contributed by atoms with van der Waals surface area (Å²) >= 11 is 6.99. The number of alkyl halides is 1. The number of hydrogen-bond donors (Lipinski definition) is 1. The summed E-state index contributed by atoms with van der Waals surface area (Å²) < 4.78 is 4.60. The molecule has 0 radical (unpaired) electrons. The number of nitrogen functional groups attached to an aromatic ring is 1. The fourth-order valence-electron chi connectivity index (χ4n) is 1.09. The molecular formula is C9H12ClNO2S. The van der Waals surface area contributed by atoms with Crippen LogP contribution in [-0.2, 0) is 11.2 Å². The van der Waals surface area contributed by atoms with Crippen molar-refractivity contribution in [2.75, 3.05) is 18.7 Å². The van der Waals surface area contributed by atoms with Crippen LogP contribution in [0.15, 0.2) is 6.07 Å². The number of thiophene rings is 1. The molecule has 1 aromatic heterocycles. The summed E-state index contributed by atoms with van der Waals surface area (Å²) in [5.74, 6) is 0.238. The van der Waals surface area contributed by atoms with Gasteiger partial charge in [-0.1, -0.05) is 0 Å². The third-order valence-corrected chi connectivity index (χ3v) is 3.07. The molecule has 0 spiro atoms. The summed E-state index contributed by atoms with van der Waals surface area (Å²) in [6, 6.07) is 1.78. The number of methoxy groups -OCH3 is 1. The minimum Gasteiger partial charge on any atom is -0.465 e. The highest BCUT2D eigenvalue weighted by atomic mass is 35.5. The van der Waals surface area contributed by atoms with E-state index >= 15 is 0 Å². The van der Waals surface area contributed by atoms with Crippen molar-refractivity contribution < 1.29 is 9.53 Å². The van der Waals surface area contributed by atoms with Gasteiger partial charge in [-0.3, -0.25) is 0 Å². The predicted molar refractivity (Wildman–Crippen MR) is 59.1 cm³/mol. The maximum Gasteiger partial charge on any atom is 0.340 e. The lowest BCUT2D eigenvalue weighted by atomic mass is 10.2. The third-order valence-electron chi connectivity index (χ3n) is 1.77. The second kappa shape index (κ2) is 5.22. The summed E-state index contributed by atoms with van der Waals surface area (Å²) in [4.78, 5) is 12.3. The van der Waals surface area contributed by atoms with Crippen molar-refractivity contribution in [1.29, 1.82) is 0 Å². The molecule has 14 heavy (non-hydrogen) atoms. The van der Waals surface area contributed by atoms with E-state index in [9.17, 15) is 4.79 Å². The minimum absolute atomic E-state index is 0.379. The molecule has 2 N–H and O–H groups in total. The molecule has 0 aliphatic carbocycles. The van der Waals surface area contributed by atoms with Gasteiger partial charge in [0.25, 0.3) is 0 Å². The van der Waals surface area contributed by atoms with Gasteiger partial charge in [0.2, 0.25) is 0 Å². The highest BCUT2D eigenvalue weighted by Gasteiger charge is 2.13. The zero-order valence-electron chi connectivity index (χ0n) is 7.88. The van der Waals surface area contributed by atoms with E-state index in [0.29, 0.717) is 16.4 Å². The first-order valence-electron chi connectivity index (χ1n) is 4.21. The largest absolute Gasteiger partial charge is 0.465 e. The quantitative estimate of drug-likeness (QED) is 0.641. The molecule has 78 valence electrons. The van der Waals surface area contributed by atoms with Gasteiger partial charge in [-0.15, -0.1) is 22.9 Å². The van der Waals surface area contributed by atoms with E-state index in [1.807, 2.05) is 0 Å². The Morgan fingerprint density at radius 2 is 2.43 bits per heavy atom. The summed E-state index contributed by atoms with van der Waals surface area (Å²) in [7, 11) is 1.35. The maximum absolute atomic E-state index is 11.2. The SMILES string of the molecule is COC(=O)c1cc(CCCCl)sc1N. The normalized spacial score (nSPS) is 10.1. The van der Waals surface area contributed by atoms with Gasteiger partial charge in [0.05, 0.1) is 12.7 Å². The average molecular weight is 234 g/mol. The molecule has 0 saturated heterocycles. The molecule has 1 rings (SSSR count). The number of esters is 1. The molecule has 0 unspecified atom stereocenters. The summed E-state index contributed by atoms with van der Waals surface area (Å²) in [6.45, 7) is 0. The van der Waals surface area contributed by atoms with Crippen molar-refractivity contribution in [2.24, 2.45) is 0 Å². The number of carbonyl (C=O) groups excluding carboxylic acids is 1. The Kier molecular flexibility index (Phi) is 4.22. The smallest absolute Gasteiger partial charge is 0.340 e. The van der Waals surface area contributed by atoms with Crippen LogP contribution >= 0.6 is 22.9 Å². The van der Waals surface area contributed by atoms with Crippen LogP contribution in [0.3, 0.4) is 0 Å². The highest BCUT2D eigenvalue weighted by molar-refractivity contribution is 7.16.